The second-order valence-corrected chi connectivity index (χ2v) is 5.07. The van der Waals surface area contributed by atoms with Crippen molar-refractivity contribution >= 4 is 5.97 Å². The fourth-order valence-electron chi connectivity index (χ4n) is 2.30. The molecule has 0 bridgehead atoms. The van der Waals surface area contributed by atoms with Gasteiger partial charge in [-0.25, -0.2) is 4.79 Å². The summed E-state index contributed by atoms with van der Waals surface area (Å²) in [6, 6.07) is 0. The highest BCUT2D eigenvalue weighted by atomic mass is 16.5. The molecule has 1 saturated heterocycles. The van der Waals surface area contributed by atoms with Gasteiger partial charge in [0.05, 0.1) is 19.8 Å². The first kappa shape index (κ1) is 15.4. The van der Waals surface area contributed by atoms with Crippen LogP contribution in [-0.2, 0) is 19.0 Å². The van der Waals surface area contributed by atoms with E-state index in [0.717, 1.165) is 19.4 Å². The number of carbonyl (C=O) groups is 1. The van der Waals surface area contributed by atoms with E-state index < -0.39 is 5.54 Å². The lowest BCUT2D eigenvalue weighted by atomic mass is 9.86. The fraction of sp³-hybridized carbons (Fsp3) is 0.923. The predicted octanol–water partition coefficient (Wildman–Crippen LogP) is 0.969. The number of hydrogen-bond acceptors (Lipinski definition) is 5. The molecular formula is C13H25NO4. The molecule has 106 valence electrons. The highest BCUT2D eigenvalue weighted by Gasteiger charge is 2.43. The quantitative estimate of drug-likeness (QED) is 0.690. The van der Waals surface area contributed by atoms with Crippen molar-refractivity contribution in [3.8, 4) is 0 Å². The van der Waals surface area contributed by atoms with Crippen LogP contribution in [0.15, 0.2) is 0 Å². The Kier molecular flexibility index (Phi) is 6.05. The van der Waals surface area contributed by atoms with E-state index in [4.69, 9.17) is 14.2 Å². The summed E-state index contributed by atoms with van der Waals surface area (Å²) in [5, 5.41) is 3.30. The Labute approximate surface area is 109 Å². The molecule has 0 aromatic carbocycles. The van der Waals surface area contributed by atoms with Crippen molar-refractivity contribution < 1.29 is 19.0 Å². The summed E-state index contributed by atoms with van der Waals surface area (Å²) in [5.41, 5.74) is -0.796. The van der Waals surface area contributed by atoms with Crippen molar-refractivity contribution in [2.75, 3.05) is 34.0 Å². The molecule has 0 aliphatic carbocycles. The maximum Gasteiger partial charge on any atom is 0.328 e. The van der Waals surface area contributed by atoms with Gasteiger partial charge in [-0.3, -0.25) is 5.32 Å². The SMILES string of the molecule is COCC(NCC1CCCO1)(C(=O)OC)C(C)C. The zero-order valence-corrected chi connectivity index (χ0v) is 11.8. The van der Waals surface area contributed by atoms with Gasteiger partial charge in [0.2, 0.25) is 0 Å². The molecular weight excluding hydrogens is 234 g/mol. The summed E-state index contributed by atoms with van der Waals surface area (Å²) in [5.74, 6) is -0.205. The van der Waals surface area contributed by atoms with E-state index in [2.05, 4.69) is 5.32 Å². The molecule has 1 aliphatic heterocycles. The van der Waals surface area contributed by atoms with Crippen molar-refractivity contribution in [2.24, 2.45) is 5.92 Å². The van der Waals surface area contributed by atoms with Crippen molar-refractivity contribution in [1.82, 2.24) is 5.32 Å². The van der Waals surface area contributed by atoms with Crippen LogP contribution in [0.3, 0.4) is 0 Å². The lowest BCUT2D eigenvalue weighted by Crippen LogP contribution is -2.61. The molecule has 2 atom stereocenters. The number of carbonyl (C=O) groups excluding carboxylic acids is 1. The van der Waals surface area contributed by atoms with Crippen molar-refractivity contribution in [2.45, 2.75) is 38.3 Å². The van der Waals surface area contributed by atoms with Gasteiger partial charge in [-0.15, -0.1) is 0 Å². The fourth-order valence-corrected chi connectivity index (χ4v) is 2.30. The Morgan fingerprint density at radius 2 is 2.22 bits per heavy atom. The van der Waals surface area contributed by atoms with E-state index in [1.165, 1.54) is 7.11 Å². The summed E-state index contributed by atoms with van der Waals surface area (Å²) < 4.78 is 15.7. The van der Waals surface area contributed by atoms with E-state index in [0.29, 0.717) is 13.2 Å². The maximum atomic E-state index is 12.1. The standard InChI is InChI=1S/C13H25NO4/c1-10(2)13(9-16-3,12(15)17-4)14-8-11-6-5-7-18-11/h10-11,14H,5-9H2,1-4H3. The van der Waals surface area contributed by atoms with E-state index >= 15 is 0 Å². The topological polar surface area (TPSA) is 56.8 Å². The molecule has 18 heavy (non-hydrogen) atoms. The summed E-state index contributed by atoms with van der Waals surface area (Å²) >= 11 is 0. The van der Waals surface area contributed by atoms with Crippen LogP contribution in [0.25, 0.3) is 0 Å². The Morgan fingerprint density at radius 3 is 2.67 bits per heavy atom. The molecule has 0 aromatic rings. The number of rotatable bonds is 7. The van der Waals surface area contributed by atoms with Crippen LogP contribution in [0.4, 0.5) is 0 Å². The minimum Gasteiger partial charge on any atom is -0.468 e. The lowest BCUT2D eigenvalue weighted by molar-refractivity contribution is -0.154. The van der Waals surface area contributed by atoms with Gasteiger partial charge in [-0.2, -0.15) is 0 Å². The maximum absolute atomic E-state index is 12.1. The zero-order chi connectivity index (χ0) is 13.6. The van der Waals surface area contributed by atoms with E-state index in [1.807, 2.05) is 13.8 Å². The van der Waals surface area contributed by atoms with Crippen LogP contribution in [0, 0.1) is 5.92 Å². The molecule has 0 amide bonds. The molecule has 0 saturated carbocycles. The van der Waals surface area contributed by atoms with Crippen LogP contribution < -0.4 is 5.32 Å². The van der Waals surface area contributed by atoms with Gasteiger partial charge in [0, 0.05) is 20.3 Å². The van der Waals surface area contributed by atoms with E-state index in [9.17, 15) is 4.79 Å². The second kappa shape index (κ2) is 7.07. The molecule has 1 N–H and O–H groups in total. The monoisotopic (exact) mass is 259 g/mol. The van der Waals surface area contributed by atoms with Crippen molar-refractivity contribution in [1.29, 1.82) is 0 Å². The second-order valence-electron chi connectivity index (χ2n) is 5.07. The van der Waals surface area contributed by atoms with Crippen molar-refractivity contribution in [3.63, 3.8) is 0 Å². The van der Waals surface area contributed by atoms with Crippen LogP contribution in [0.2, 0.25) is 0 Å². The molecule has 5 heteroatoms. The van der Waals surface area contributed by atoms with Crippen LogP contribution in [0.1, 0.15) is 26.7 Å². The first-order chi connectivity index (χ1) is 8.56. The number of esters is 1. The van der Waals surface area contributed by atoms with Crippen molar-refractivity contribution in [3.05, 3.63) is 0 Å². The molecule has 0 spiro atoms. The Hall–Kier alpha value is -0.650. The van der Waals surface area contributed by atoms with E-state index in [-0.39, 0.29) is 18.0 Å². The molecule has 0 aromatic heterocycles. The van der Waals surface area contributed by atoms with Gasteiger partial charge >= 0.3 is 5.97 Å². The van der Waals surface area contributed by atoms with Gasteiger partial charge < -0.3 is 14.2 Å². The summed E-state index contributed by atoms with van der Waals surface area (Å²) in [4.78, 5) is 12.1. The zero-order valence-electron chi connectivity index (χ0n) is 11.8. The molecule has 2 unspecified atom stereocenters. The van der Waals surface area contributed by atoms with Crippen LogP contribution in [0.5, 0.6) is 0 Å². The van der Waals surface area contributed by atoms with Gasteiger partial charge in [0.15, 0.2) is 0 Å². The summed E-state index contributed by atoms with van der Waals surface area (Å²) in [6.45, 7) is 5.72. The largest absolute Gasteiger partial charge is 0.468 e. The average molecular weight is 259 g/mol. The number of methoxy groups -OCH3 is 2. The van der Waals surface area contributed by atoms with Gasteiger partial charge in [-0.05, 0) is 18.8 Å². The third-order valence-electron chi connectivity index (χ3n) is 3.58. The number of hydrogen-bond donors (Lipinski definition) is 1. The van der Waals surface area contributed by atoms with Crippen LogP contribution >= 0.6 is 0 Å². The molecule has 5 nitrogen and oxygen atoms in total. The molecule has 0 radical (unpaired) electrons. The summed E-state index contributed by atoms with van der Waals surface area (Å²) in [7, 11) is 3.00. The minimum absolute atomic E-state index is 0.0753. The number of nitrogens with one attached hydrogen (secondary N) is 1. The lowest BCUT2D eigenvalue weighted by Gasteiger charge is -2.35. The Morgan fingerprint density at radius 1 is 1.50 bits per heavy atom. The van der Waals surface area contributed by atoms with Gasteiger partial charge in [-0.1, -0.05) is 13.8 Å². The average Bonchev–Trinajstić information content (AvgIpc) is 2.86. The third-order valence-corrected chi connectivity index (χ3v) is 3.58. The van der Waals surface area contributed by atoms with Gasteiger partial charge in [0.25, 0.3) is 0 Å². The highest BCUT2D eigenvalue weighted by Crippen LogP contribution is 2.21. The minimum atomic E-state index is -0.796. The normalized spacial score (nSPS) is 23.1. The first-order valence-corrected chi connectivity index (χ1v) is 6.50. The smallest absolute Gasteiger partial charge is 0.328 e. The third kappa shape index (κ3) is 3.43. The molecule has 1 rings (SSSR count). The summed E-state index contributed by atoms with van der Waals surface area (Å²) in [6.07, 6.45) is 2.31. The van der Waals surface area contributed by atoms with Crippen LogP contribution in [-0.4, -0.2) is 51.6 Å². The predicted molar refractivity (Wildman–Crippen MR) is 68.4 cm³/mol. The highest BCUT2D eigenvalue weighted by molar-refractivity contribution is 5.81. The Balaban J connectivity index is 2.70. The molecule has 1 aliphatic rings. The van der Waals surface area contributed by atoms with Gasteiger partial charge in [0.1, 0.15) is 5.54 Å². The molecule has 1 heterocycles. The Bertz CT molecular complexity index is 264. The molecule has 1 fully saturated rings. The van der Waals surface area contributed by atoms with E-state index in [1.54, 1.807) is 7.11 Å². The first-order valence-electron chi connectivity index (χ1n) is 6.50. The number of ether oxygens (including phenoxy) is 3.